The van der Waals surface area contributed by atoms with Gasteiger partial charge in [0.15, 0.2) is 10.8 Å². The summed E-state index contributed by atoms with van der Waals surface area (Å²) in [7, 11) is 1.29. The second-order valence-electron chi connectivity index (χ2n) is 10.9. The molecule has 0 spiro atoms. The number of nitrogens with zero attached hydrogens (tertiary/aromatic N) is 3. The maximum absolute atomic E-state index is 13.6. The fourth-order valence-electron chi connectivity index (χ4n) is 5.84. The lowest BCUT2D eigenvalue weighted by atomic mass is 9.77. The summed E-state index contributed by atoms with van der Waals surface area (Å²) >= 11 is 2.48. The fraction of sp³-hybridized carbons (Fsp3) is 0.176. The second kappa shape index (κ2) is 14.2. The third-order valence-electron chi connectivity index (χ3n) is 7.98. The molecule has 1 aromatic heterocycles. The number of nitrogens with two attached hydrogens (primary N) is 1. The molecule has 3 amide bonds. The Morgan fingerprint density at radius 2 is 1.57 bits per heavy atom. The minimum absolute atomic E-state index is 0.141. The minimum Gasteiger partial charge on any atom is -0.477 e. The summed E-state index contributed by atoms with van der Waals surface area (Å²) in [6.07, 6.45) is -1.07. The molecule has 49 heavy (non-hydrogen) atoms. The standard InChI is InChI=1S/C34H30N6O7S2/c1-46-39-25(28(41)37-26-29(42)40-27(31(43)44)20(17-47-32(35)45)18-48-30(26)40)24-19-49-33(36-24)38-34(21-11-5-2-6-12-21,22-13-7-3-8-14-22)23-15-9-4-10-16-23/h2-16,19,26,30H,17-18H2,1H3,(H2,35,45)(H,36,38)(H,37,41)(H,43,44)/b39-25-/t26-,30-/m1/s1. The molecule has 3 aromatic carbocycles. The molecule has 1 saturated heterocycles. The van der Waals surface area contributed by atoms with Crippen LogP contribution in [0.3, 0.4) is 0 Å². The number of fused-ring (bicyclic) bond motifs is 1. The summed E-state index contributed by atoms with van der Waals surface area (Å²) in [6.45, 7) is -0.373. The number of aromatic nitrogens is 1. The number of rotatable bonds is 12. The van der Waals surface area contributed by atoms with Gasteiger partial charge >= 0.3 is 12.1 Å². The maximum atomic E-state index is 13.6. The minimum atomic E-state index is -1.37. The van der Waals surface area contributed by atoms with Crippen LogP contribution in [0, 0.1) is 0 Å². The molecular formula is C34H30N6O7S2. The molecule has 0 radical (unpaired) electrons. The highest BCUT2D eigenvalue weighted by molar-refractivity contribution is 8.00. The number of thiazole rings is 1. The third-order valence-corrected chi connectivity index (χ3v) is 10.1. The Bertz CT molecular complexity index is 1840. The van der Waals surface area contributed by atoms with Crippen molar-refractivity contribution in [3.05, 3.63) is 130 Å². The van der Waals surface area contributed by atoms with E-state index in [2.05, 4.69) is 15.8 Å². The lowest BCUT2D eigenvalue weighted by Crippen LogP contribution is -2.71. The number of hydrogen-bond donors (Lipinski definition) is 4. The molecule has 250 valence electrons. The van der Waals surface area contributed by atoms with Crippen molar-refractivity contribution in [2.75, 3.05) is 24.8 Å². The van der Waals surface area contributed by atoms with Crippen LogP contribution in [0.5, 0.6) is 0 Å². The van der Waals surface area contributed by atoms with E-state index in [0.717, 1.165) is 21.6 Å². The van der Waals surface area contributed by atoms with Gasteiger partial charge in [0, 0.05) is 16.7 Å². The second-order valence-corrected chi connectivity index (χ2v) is 12.8. The Labute approximate surface area is 288 Å². The summed E-state index contributed by atoms with van der Waals surface area (Å²) in [4.78, 5) is 60.8. The van der Waals surface area contributed by atoms with Gasteiger partial charge in [-0.2, -0.15) is 0 Å². The van der Waals surface area contributed by atoms with Crippen LogP contribution < -0.4 is 16.4 Å². The first-order valence-electron chi connectivity index (χ1n) is 14.9. The number of hydrogen-bond acceptors (Lipinski definition) is 11. The normalized spacial score (nSPS) is 17.4. The van der Waals surface area contributed by atoms with Crippen LogP contribution in [0.25, 0.3) is 0 Å². The van der Waals surface area contributed by atoms with Crippen molar-refractivity contribution >= 4 is 57.8 Å². The number of carbonyl (C=O) groups is 4. The number of oxime groups is 1. The molecule has 3 heterocycles. The molecule has 1 fully saturated rings. The number of ether oxygens (including phenoxy) is 1. The number of aliphatic carboxylic acids is 1. The third kappa shape index (κ3) is 6.45. The summed E-state index contributed by atoms with van der Waals surface area (Å²) in [6, 6.07) is 28.8. The number of carboxylic acid groups (broad SMARTS) is 1. The Morgan fingerprint density at radius 1 is 1.00 bits per heavy atom. The van der Waals surface area contributed by atoms with E-state index >= 15 is 0 Å². The van der Waals surface area contributed by atoms with Gasteiger partial charge < -0.3 is 31.0 Å². The molecule has 5 N–H and O–H groups in total. The number of carbonyl (C=O) groups excluding carboxylic acids is 3. The number of thioether (sulfide) groups is 1. The Hall–Kier alpha value is -5.67. The van der Waals surface area contributed by atoms with Gasteiger partial charge in [-0.25, -0.2) is 14.6 Å². The number of anilines is 1. The van der Waals surface area contributed by atoms with Gasteiger partial charge in [-0.15, -0.1) is 23.1 Å². The highest BCUT2D eigenvalue weighted by Gasteiger charge is 2.54. The summed E-state index contributed by atoms with van der Waals surface area (Å²) in [5, 5.41) is 21.5. The lowest BCUT2D eigenvalue weighted by molar-refractivity contribution is -0.150. The van der Waals surface area contributed by atoms with Crippen molar-refractivity contribution in [3.63, 3.8) is 0 Å². The van der Waals surface area contributed by atoms with E-state index in [0.29, 0.717) is 5.13 Å². The SMILES string of the molecule is CO/N=C(\C(=O)N[C@@H]1C(=O)N2C(C(=O)O)=C(COC(N)=O)CS[C@H]12)c1csc(NC(c2ccccc2)(c2ccccc2)c2ccccc2)n1. The predicted molar refractivity (Wildman–Crippen MR) is 184 cm³/mol. The molecule has 0 bridgehead atoms. The van der Waals surface area contributed by atoms with Gasteiger partial charge in [-0.05, 0) is 16.7 Å². The van der Waals surface area contributed by atoms with E-state index in [1.54, 1.807) is 5.38 Å². The van der Waals surface area contributed by atoms with Crippen LogP contribution in [-0.2, 0) is 29.5 Å². The Morgan fingerprint density at radius 3 is 2.08 bits per heavy atom. The average molecular weight is 699 g/mol. The first-order chi connectivity index (χ1) is 23.7. The molecule has 4 aromatic rings. The predicted octanol–water partition coefficient (Wildman–Crippen LogP) is 3.73. The van der Waals surface area contributed by atoms with Gasteiger partial charge in [0.05, 0.1) is 0 Å². The monoisotopic (exact) mass is 698 g/mol. The highest BCUT2D eigenvalue weighted by Crippen LogP contribution is 2.42. The molecule has 0 unspecified atom stereocenters. The van der Waals surface area contributed by atoms with E-state index in [4.69, 9.17) is 20.3 Å². The van der Waals surface area contributed by atoms with Crippen LogP contribution in [0.2, 0.25) is 0 Å². The van der Waals surface area contributed by atoms with Gasteiger partial charge in [0.2, 0.25) is 0 Å². The number of β-lactam (4-membered cyclic amide) rings is 1. The molecule has 2 atom stereocenters. The summed E-state index contributed by atoms with van der Waals surface area (Å²) < 4.78 is 4.77. The molecule has 2 aliphatic rings. The smallest absolute Gasteiger partial charge is 0.404 e. The topological polar surface area (TPSA) is 186 Å². The van der Waals surface area contributed by atoms with Crippen LogP contribution in [-0.4, -0.2) is 75.5 Å². The Kier molecular flexibility index (Phi) is 9.64. The van der Waals surface area contributed by atoms with E-state index < -0.39 is 40.8 Å². The number of nitrogens with one attached hydrogen (secondary N) is 2. The first-order valence-corrected chi connectivity index (χ1v) is 16.8. The number of primary amides is 1. The van der Waals surface area contributed by atoms with Crippen molar-refractivity contribution in [2.45, 2.75) is 17.0 Å². The molecule has 15 heteroatoms. The van der Waals surface area contributed by atoms with E-state index in [-0.39, 0.29) is 35.0 Å². The van der Waals surface area contributed by atoms with Gasteiger partial charge in [-0.3, -0.25) is 14.5 Å². The lowest BCUT2D eigenvalue weighted by Gasteiger charge is -2.49. The zero-order valence-electron chi connectivity index (χ0n) is 25.9. The quantitative estimate of drug-likeness (QED) is 0.0736. The summed E-state index contributed by atoms with van der Waals surface area (Å²) in [5.74, 6) is -2.60. The first kappa shape index (κ1) is 33.2. The average Bonchev–Trinajstić information content (AvgIpc) is 3.59. The molecule has 0 aliphatic carbocycles. The molecule has 0 saturated carbocycles. The van der Waals surface area contributed by atoms with Crippen LogP contribution >= 0.6 is 23.1 Å². The number of amides is 3. The highest BCUT2D eigenvalue weighted by atomic mass is 32.2. The van der Waals surface area contributed by atoms with Crippen LogP contribution in [0.15, 0.2) is 113 Å². The number of benzene rings is 3. The molecule has 2 aliphatic heterocycles. The zero-order valence-corrected chi connectivity index (χ0v) is 27.6. The van der Waals surface area contributed by atoms with E-state index in [1.165, 1.54) is 30.2 Å². The zero-order chi connectivity index (χ0) is 34.5. The Balaban J connectivity index is 1.27. The van der Waals surface area contributed by atoms with Crippen molar-refractivity contribution < 1.29 is 33.9 Å². The van der Waals surface area contributed by atoms with Gasteiger partial charge in [0.1, 0.15) is 42.1 Å². The molecule has 13 nitrogen and oxygen atoms in total. The number of carboxylic acids is 1. The molecular weight excluding hydrogens is 669 g/mol. The van der Waals surface area contributed by atoms with Crippen molar-refractivity contribution in [1.29, 1.82) is 0 Å². The fourth-order valence-corrected chi connectivity index (χ4v) is 7.92. The van der Waals surface area contributed by atoms with E-state index in [1.807, 2.05) is 91.0 Å². The largest absolute Gasteiger partial charge is 0.477 e. The van der Waals surface area contributed by atoms with Crippen LogP contribution in [0.4, 0.5) is 9.93 Å². The summed E-state index contributed by atoms with van der Waals surface area (Å²) in [5.41, 5.74) is 6.99. The van der Waals surface area contributed by atoms with Crippen molar-refractivity contribution in [1.82, 2.24) is 15.2 Å². The van der Waals surface area contributed by atoms with Crippen molar-refractivity contribution in [3.8, 4) is 0 Å². The van der Waals surface area contributed by atoms with Crippen molar-refractivity contribution in [2.24, 2.45) is 10.9 Å². The van der Waals surface area contributed by atoms with E-state index in [9.17, 15) is 24.3 Å². The maximum Gasteiger partial charge on any atom is 0.404 e. The van der Waals surface area contributed by atoms with Gasteiger partial charge in [-0.1, -0.05) is 96.2 Å². The molecule has 6 rings (SSSR count). The van der Waals surface area contributed by atoms with Gasteiger partial charge in [0.25, 0.3) is 11.8 Å². The van der Waals surface area contributed by atoms with Crippen LogP contribution in [0.1, 0.15) is 22.4 Å².